The van der Waals surface area contributed by atoms with Gasteiger partial charge < -0.3 is 0 Å². The molecule has 5 heteroatoms. The minimum absolute atomic E-state index is 0.199. The van der Waals surface area contributed by atoms with Crippen molar-refractivity contribution >= 4 is 29.1 Å². The van der Waals surface area contributed by atoms with Crippen molar-refractivity contribution in [2.75, 3.05) is 11.6 Å². The first-order chi connectivity index (χ1) is 7.75. The van der Waals surface area contributed by atoms with Crippen LogP contribution in [0.25, 0.3) is 0 Å². The summed E-state index contributed by atoms with van der Waals surface area (Å²) in [5, 5.41) is 10.7. The van der Waals surface area contributed by atoms with Crippen LogP contribution in [0.4, 0.5) is 5.69 Å². The van der Waals surface area contributed by atoms with E-state index in [2.05, 4.69) is 0 Å². The van der Waals surface area contributed by atoms with Crippen LogP contribution in [0.1, 0.15) is 19.3 Å². The Morgan fingerprint density at radius 3 is 2.69 bits per heavy atom. The summed E-state index contributed by atoms with van der Waals surface area (Å²) in [7, 11) is 0. The standard InChI is InChI=1S/C11H14ClNO2S/c12-8-4-1-5-9-16-11-7-3-2-6-10(11)13(14)15/h2-3,6-7H,1,4-5,8-9H2. The van der Waals surface area contributed by atoms with Gasteiger partial charge in [0.05, 0.1) is 9.82 Å². The lowest BCUT2D eigenvalue weighted by Gasteiger charge is -2.02. The zero-order chi connectivity index (χ0) is 11.8. The predicted octanol–water partition coefficient (Wildman–Crippen LogP) is 4.10. The van der Waals surface area contributed by atoms with Gasteiger partial charge in [0, 0.05) is 11.9 Å². The third kappa shape index (κ3) is 4.41. The van der Waals surface area contributed by atoms with E-state index in [1.807, 2.05) is 6.07 Å². The van der Waals surface area contributed by atoms with Gasteiger partial charge in [-0.25, -0.2) is 0 Å². The van der Waals surface area contributed by atoms with E-state index in [9.17, 15) is 10.1 Å². The van der Waals surface area contributed by atoms with Crippen LogP contribution >= 0.6 is 23.4 Å². The van der Waals surface area contributed by atoms with Gasteiger partial charge >= 0.3 is 0 Å². The van der Waals surface area contributed by atoms with Crippen molar-refractivity contribution in [1.82, 2.24) is 0 Å². The van der Waals surface area contributed by atoms with Crippen LogP contribution in [0.2, 0.25) is 0 Å². The van der Waals surface area contributed by atoms with Gasteiger partial charge in [0.25, 0.3) is 5.69 Å². The molecule has 0 spiro atoms. The monoisotopic (exact) mass is 259 g/mol. The maximum absolute atomic E-state index is 10.7. The number of unbranched alkanes of at least 4 members (excludes halogenated alkanes) is 2. The number of para-hydroxylation sites is 1. The lowest BCUT2D eigenvalue weighted by molar-refractivity contribution is -0.387. The largest absolute Gasteiger partial charge is 0.282 e. The Kier molecular flexibility index (Phi) is 6.26. The average Bonchev–Trinajstić information content (AvgIpc) is 2.29. The fraction of sp³-hybridized carbons (Fsp3) is 0.455. The second kappa shape index (κ2) is 7.52. The Labute approximate surface area is 104 Å². The average molecular weight is 260 g/mol. The highest BCUT2D eigenvalue weighted by Gasteiger charge is 2.11. The van der Waals surface area contributed by atoms with Crippen molar-refractivity contribution in [1.29, 1.82) is 0 Å². The predicted molar refractivity (Wildman–Crippen MR) is 68.4 cm³/mol. The number of nitro groups is 1. The Bertz CT molecular complexity index is 347. The van der Waals surface area contributed by atoms with Gasteiger partial charge in [0.2, 0.25) is 0 Å². The van der Waals surface area contributed by atoms with E-state index in [1.165, 1.54) is 0 Å². The summed E-state index contributed by atoms with van der Waals surface area (Å²) >= 11 is 7.11. The lowest BCUT2D eigenvalue weighted by Crippen LogP contribution is -1.91. The third-order valence-corrected chi connectivity index (χ3v) is 3.51. The molecular weight excluding hydrogens is 246 g/mol. The highest BCUT2D eigenvalue weighted by molar-refractivity contribution is 7.99. The number of thioether (sulfide) groups is 1. The number of nitro benzene ring substituents is 1. The first-order valence-corrected chi connectivity index (χ1v) is 6.70. The zero-order valence-corrected chi connectivity index (χ0v) is 10.5. The normalized spacial score (nSPS) is 10.3. The van der Waals surface area contributed by atoms with Crippen LogP contribution in [-0.4, -0.2) is 16.6 Å². The van der Waals surface area contributed by atoms with Crippen molar-refractivity contribution < 1.29 is 4.92 Å². The number of benzene rings is 1. The smallest absolute Gasteiger partial charge is 0.258 e. The first kappa shape index (κ1) is 13.3. The van der Waals surface area contributed by atoms with E-state index in [4.69, 9.17) is 11.6 Å². The summed E-state index contributed by atoms with van der Waals surface area (Å²) < 4.78 is 0. The zero-order valence-electron chi connectivity index (χ0n) is 8.89. The van der Waals surface area contributed by atoms with E-state index < -0.39 is 0 Å². The molecule has 0 aliphatic carbocycles. The molecule has 0 radical (unpaired) electrons. The number of halogens is 1. The quantitative estimate of drug-likeness (QED) is 0.243. The molecular formula is C11H14ClNO2S. The molecule has 0 unspecified atom stereocenters. The second-order valence-corrected chi connectivity index (χ2v) is 4.84. The maximum atomic E-state index is 10.7. The molecule has 0 fully saturated rings. The molecule has 1 rings (SSSR count). The van der Waals surface area contributed by atoms with Crippen LogP contribution in [-0.2, 0) is 0 Å². The summed E-state index contributed by atoms with van der Waals surface area (Å²) in [4.78, 5) is 11.1. The van der Waals surface area contributed by atoms with E-state index in [0.29, 0.717) is 5.88 Å². The third-order valence-electron chi connectivity index (χ3n) is 2.10. The van der Waals surface area contributed by atoms with Gasteiger partial charge in [0.1, 0.15) is 0 Å². The van der Waals surface area contributed by atoms with E-state index in [-0.39, 0.29) is 10.6 Å². The summed E-state index contributed by atoms with van der Waals surface area (Å²) in [6.07, 6.45) is 3.14. The molecule has 0 heterocycles. The summed E-state index contributed by atoms with van der Waals surface area (Å²) in [5.74, 6) is 1.60. The van der Waals surface area contributed by atoms with Crippen molar-refractivity contribution in [3.63, 3.8) is 0 Å². The Balaban J connectivity index is 2.44. The number of hydrogen-bond donors (Lipinski definition) is 0. The summed E-state index contributed by atoms with van der Waals surface area (Å²) in [6, 6.07) is 6.86. The fourth-order valence-electron chi connectivity index (χ4n) is 1.29. The van der Waals surface area contributed by atoms with Crippen LogP contribution in [0.3, 0.4) is 0 Å². The van der Waals surface area contributed by atoms with E-state index in [0.717, 1.165) is 29.9 Å². The summed E-state index contributed by atoms with van der Waals surface area (Å²) in [6.45, 7) is 0. The van der Waals surface area contributed by atoms with Gasteiger partial charge in [-0.05, 0) is 24.7 Å². The molecule has 0 saturated carbocycles. The van der Waals surface area contributed by atoms with Crippen LogP contribution < -0.4 is 0 Å². The SMILES string of the molecule is O=[N+]([O-])c1ccccc1SCCCCCCl. The van der Waals surface area contributed by atoms with Crippen molar-refractivity contribution in [3.8, 4) is 0 Å². The molecule has 88 valence electrons. The van der Waals surface area contributed by atoms with Crippen molar-refractivity contribution in [3.05, 3.63) is 34.4 Å². The number of nitrogens with zero attached hydrogens (tertiary/aromatic N) is 1. The molecule has 3 nitrogen and oxygen atoms in total. The molecule has 0 bridgehead atoms. The molecule has 16 heavy (non-hydrogen) atoms. The minimum atomic E-state index is -0.332. The highest BCUT2D eigenvalue weighted by Crippen LogP contribution is 2.29. The molecule has 0 aliphatic rings. The molecule has 0 aromatic heterocycles. The van der Waals surface area contributed by atoms with Crippen LogP contribution in [0, 0.1) is 10.1 Å². The Morgan fingerprint density at radius 2 is 2.00 bits per heavy atom. The molecule has 0 saturated heterocycles. The fourth-order valence-corrected chi connectivity index (χ4v) is 2.51. The molecule has 1 aromatic rings. The van der Waals surface area contributed by atoms with Gasteiger partial charge in [0.15, 0.2) is 0 Å². The van der Waals surface area contributed by atoms with E-state index in [1.54, 1.807) is 30.0 Å². The number of alkyl halides is 1. The Morgan fingerprint density at radius 1 is 1.25 bits per heavy atom. The number of hydrogen-bond acceptors (Lipinski definition) is 3. The topological polar surface area (TPSA) is 43.1 Å². The molecule has 0 atom stereocenters. The molecule has 0 N–H and O–H groups in total. The first-order valence-electron chi connectivity index (χ1n) is 5.18. The van der Waals surface area contributed by atoms with Gasteiger partial charge in [-0.1, -0.05) is 18.6 Å². The lowest BCUT2D eigenvalue weighted by atomic mass is 10.3. The second-order valence-electron chi connectivity index (χ2n) is 3.32. The van der Waals surface area contributed by atoms with Crippen LogP contribution in [0.5, 0.6) is 0 Å². The van der Waals surface area contributed by atoms with Crippen molar-refractivity contribution in [2.45, 2.75) is 24.2 Å². The number of rotatable bonds is 7. The summed E-state index contributed by atoms with van der Waals surface area (Å²) in [5.41, 5.74) is 0.199. The van der Waals surface area contributed by atoms with Gasteiger partial charge in [-0.15, -0.1) is 23.4 Å². The molecule has 0 amide bonds. The molecule has 1 aromatic carbocycles. The van der Waals surface area contributed by atoms with E-state index >= 15 is 0 Å². The van der Waals surface area contributed by atoms with Crippen LogP contribution in [0.15, 0.2) is 29.2 Å². The highest BCUT2D eigenvalue weighted by atomic mass is 35.5. The van der Waals surface area contributed by atoms with Crippen molar-refractivity contribution in [2.24, 2.45) is 0 Å². The Hall–Kier alpha value is -0.740. The maximum Gasteiger partial charge on any atom is 0.282 e. The van der Waals surface area contributed by atoms with Gasteiger partial charge in [-0.3, -0.25) is 10.1 Å². The van der Waals surface area contributed by atoms with Gasteiger partial charge in [-0.2, -0.15) is 0 Å². The minimum Gasteiger partial charge on any atom is -0.258 e. The molecule has 0 aliphatic heterocycles.